The van der Waals surface area contributed by atoms with Crippen LogP contribution in [0.2, 0.25) is 0 Å². The first-order valence-electron chi connectivity index (χ1n) is 9.42. The number of nitrogens with zero attached hydrogens (tertiary/aromatic N) is 1. The van der Waals surface area contributed by atoms with Crippen LogP contribution in [0, 0.1) is 5.82 Å². The number of aliphatic hydroxyl groups is 1. The van der Waals surface area contributed by atoms with Crippen molar-refractivity contribution >= 4 is 23.1 Å². The van der Waals surface area contributed by atoms with E-state index < -0.39 is 29.3 Å². The fourth-order valence-electron chi connectivity index (χ4n) is 3.73. The van der Waals surface area contributed by atoms with Crippen molar-refractivity contribution in [1.29, 1.82) is 0 Å². The summed E-state index contributed by atoms with van der Waals surface area (Å²) in [4.78, 5) is 27.1. The van der Waals surface area contributed by atoms with Gasteiger partial charge in [0.15, 0.2) is 0 Å². The van der Waals surface area contributed by atoms with E-state index in [9.17, 15) is 24.2 Å². The zero-order chi connectivity index (χ0) is 22.1. The number of benzene rings is 3. The maximum atomic E-state index is 14.8. The lowest BCUT2D eigenvalue weighted by molar-refractivity contribution is -0.132. The standard InChI is InChI=1S/C24H18FNO5/c1-31-19-13-7-3-9-15(19)22(28)20-21(14-8-2-4-10-16(14)25)26(24(30)23(20)29)17-11-5-6-12-18(17)27/h2-13,21,27-28H,1H3/b22-20+. The molecule has 6 nitrogen and oxygen atoms in total. The highest BCUT2D eigenvalue weighted by Gasteiger charge is 2.48. The van der Waals surface area contributed by atoms with E-state index in [1.165, 1.54) is 43.5 Å². The first-order valence-corrected chi connectivity index (χ1v) is 9.42. The molecule has 3 aromatic rings. The lowest BCUT2D eigenvalue weighted by Gasteiger charge is -2.26. The number of ketones is 1. The highest BCUT2D eigenvalue weighted by atomic mass is 19.1. The van der Waals surface area contributed by atoms with E-state index in [1.807, 2.05) is 0 Å². The molecule has 31 heavy (non-hydrogen) atoms. The summed E-state index contributed by atoms with van der Waals surface area (Å²) < 4.78 is 20.1. The molecule has 1 atom stereocenters. The van der Waals surface area contributed by atoms with E-state index in [0.717, 1.165) is 4.90 Å². The molecule has 3 aromatic carbocycles. The molecular formula is C24H18FNO5. The number of Topliss-reactive ketones (excluding diaryl/α,β-unsaturated/α-hetero) is 1. The zero-order valence-corrected chi connectivity index (χ0v) is 16.4. The third-order valence-electron chi connectivity index (χ3n) is 5.15. The molecule has 0 spiro atoms. The van der Waals surface area contributed by atoms with Gasteiger partial charge in [-0.2, -0.15) is 0 Å². The van der Waals surface area contributed by atoms with Crippen LogP contribution in [0.25, 0.3) is 5.76 Å². The van der Waals surface area contributed by atoms with Crippen LogP contribution in [0.5, 0.6) is 11.5 Å². The molecule has 0 aromatic heterocycles. The van der Waals surface area contributed by atoms with Gasteiger partial charge in [0, 0.05) is 5.56 Å². The van der Waals surface area contributed by atoms with Gasteiger partial charge < -0.3 is 14.9 Å². The Morgan fingerprint density at radius 3 is 2.32 bits per heavy atom. The molecule has 156 valence electrons. The Morgan fingerprint density at radius 1 is 0.968 bits per heavy atom. The molecule has 0 aliphatic carbocycles. The minimum atomic E-state index is -1.29. The van der Waals surface area contributed by atoms with Crippen molar-refractivity contribution in [3.8, 4) is 11.5 Å². The number of aromatic hydroxyl groups is 1. The average Bonchev–Trinajstić information content (AvgIpc) is 3.04. The monoisotopic (exact) mass is 419 g/mol. The van der Waals surface area contributed by atoms with E-state index >= 15 is 0 Å². The van der Waals surface area contributed by atoms with E-state index in [-0.39, 0.29) is 33.9 Å². The Kier molecular flexibility index (Phi) is 5.17. The van der Waals surface area contributed by atoms with Gasteiger partial charge in [0.25, 0.3) is 11.7 Å². The molecule has 1 aliphatic rings. The van der Waals surface area contributed by atoms with Crippen molar-refractivity contribution < 1.29 is 28.9 Å². The molecular weight excluding hydrogens is 401 g/mol. The van der Waals surface area contributed by atoms with Crippen LogP contribution in [0.4, 0.5) is 10.1 Å². The van der Waals surface area contributed by atoms with Gasteiger partial charge in [0.1, 0.15) is 23.1 Å². The summed E-state index contributed by atoms with van der Waals surface area (Å²) >= 11 is 0. The zero-order valence-electron chi connectivity index (χ0n) is 16.4. The Morgan fingerprint density at radius 2 is 1.61 bits per heavy atom. The molecule has 1 saturated heterocycles. The third-order valence-corrected chi connectivity index (χ3v) is 5.15. The van der Waals surface area contributed by atoms with Crippen LogP contribution in [0.3, 0.4) is 0 Å². The Balaban J connectivity index is 2.02. The summed E-state index contributed by atoms with van der Waals surface area (Å²) in [5.74, 6) is -3.14. The second kappa shape index (κ2) is 7.95. The van der Waals surface area contributed by atoms with Crippen LogP contribution < -0.4 is 9.64 Å². The Hall–Kier alpha value is -4.13. The van der Waals surface area contributed by atoms with Gasteiger partial charge in [-0.25, -0.2) is 4.39 Å². The molecule has 1 amide bonds. The summed E-state index contributed by atoms with van der Waals surface area (Å²) in [5, 5.41) is 21.4. The first-order chi connectivity index (χ1) is 15.0. The van der Waals surface area contributed by atoms with Gasteiger partial charge in [0.2, 0.25) is 0 Å². The number of anilines is 1. The summed E-state index contributed by atoms with van der Waals surface area (Å²) in [6.45, 7) is 0. The third kappa shape index (κ3) is 3.30. The van der Waals surface area contributed by atoms with Crippen molar-refractivity contribution in [3.63, 3.8) is 0 Å². The molecule has 1 aliphatic heterocycles. The quantitative estimate of drug-likeness (QED) is 0.377. The van der Waals surface area contributed by atoms with Gasteiger partial charge in [-0.3, -0.25) is 14.5 Å². The van der Waals surface area contributed by atoms with Crippen LogP contribution in [0.15, 0.2) is 78.4 Å². The number of ether oxygens (including phenoxy) is 1. The van der Waals surface area contributed by atoms with Crippen LogP contribution in [0.1, 0.15) is 17.2 Å². The Labute approximate surface area is 177 Å². The molecule has 2 N–H and O–H groups in total. The molecule has 0 radical (unpaired) electrons. The van der Waals surface area contributed by atoms with Crippen LogP contribution in [-0.2, 0) is 9.59 Å². The normalized spacial score (nSPS) is 17.7. The highest BCUT2D eigenvalue weighted by Crippen LogP contribution is 2.45. The van der Waals surface area contributed by atoms with E-state index in [0.29, 0.717) is 0 Å². The molecule has 7 heteroatoms. The van der Waals surface area contributed by atoms with Gasteiger partial charge in [-0.1, -0.05) is 42.5 Å². The minimum absolute atomic E-state index is 0.00130. The maximum absolute atomic E-state index is 14.8. The molecule has 0 saturated carbocycles. The fraction of sp³-hybridized carbons (Fsp3) is 0.0833. The SMILES string of the molecule is COc1ccccc1/C(O)=C1\C(=O)C(=O)N(c2ccccc2O)C1c1ccccc1F. The number of rotatable bonds is 4. The second-order valence-electron chi connectivity index (χ2n) is 6.88. The molecule has 1 heterocycles. The number of para-hydroxylation sites is 3. The van der Waals surface area contributed by atoms with E-state index in [4.69, 9.17) is 4.74 Å². The smallest absolute Gasteiger partial charge is 0.300 e. The van der Waals surface area contributed by atoms with Crippen molar-refractivity contribution in [1.82, 2.24) is 0 Å². The summed E-state index contributed by atoms with van der Waals surface area (Å²) in [6.07, 6.45) is 0. The number of hydrogen-bond acceptors (Lipinski definition) is 5. The predicted octanol–water partition coefficient (Wildman–Crippen LogP) is 4.17. The van der Waals surface area contributed by atoms with Crippen LogP contribution >= 0.6 is 0 Å². The largest absolute Gasteiger partial charge is 0.507 e. The summed E-state index contributed by atoms with van der Waals surface area (Å²) in [6, 6.07) is 16.7. The average molecular weight is 419 g/mol. The number of phenolic OH excluding ortho intramolecular Hbond substituents is 1. The lowest BCUT2D eigenvalue weighted by Crippen LogP contribution is -2.29. The van der Waals surface area contributed by atoms with E-state index in [1.54, 1.807) is 36.4 Å². The summed E-state index contributed by atoms with van der Waals surface area (Å²) in [5.41, 5.74) is -0.0946. The van der Waals surface area contributed by atoms with Gasteiger partial charge in [-0.15, -0.1) is 0 Å². The van der Waals surface area contributed by atoms with Gasteiger partial charge in [0.05, 0.1) is 30.0 Å². The number of aliphatic hydroxyl groups excluding tert-OH is 1. The summed E-state index contributed by atoms with van der Waals surface area (Å²) in [7, 11) is 1.40. The maximum Gasteiger partial charge on any atom is 0.300 e. The first kappa shape index (κ1) is 20.2. The number of carbonyl (C=O) groups excluding carboxylic acids is 2. The number of halogens is 1. The number of amides is 1. The van der Waals surface area contributed by atoms with Crippen molar-refractivity contribution in [2.24, 2.45) is 0 Å². The Bertz CT molecular complexity index is 1220. The topological polar surface area (TPSA) is 87.1 Å². The minimum Gasteiger partial charge on any atom is -0.507 e. The van der Waals surface area contributed by atoms with Crippen molar-refractivity contribution in [3.05, 3.63) is 95.3 Å². The highest BCUT2D eigenvalue weighted by molar-refractivity contribution is 6.52. The second-order valence-corrected chi connectivity index (χ2v) is 6.88. The fourth-order valence-corrected chi connectivity index (χ4v) is 3.73. The molecule has 0 bridgehead atoms. The predicted molar refractivity (Wildman–Crippen MR) is 112 cm³/mol. The lowest BCUT2D eigenvalue weighted by atomic mass is 9.94. The van der Waals surface area contributed by atoms with E-state index in [2.05, 4.69) is 0 Å². The number of methoxy groups -OCH3 is 1. The van der Waals surface area contributed by atoms with Crippen molar-refractivity contribution in [2.45, 2.75) is 6.04 Å². The molecule has 4 rings (SSSR count). The molecule has 1 fully saturated rings. The number of hydrogen-bond donors (Lipinski definition) is 2. The molecule has 1 unspecified atom stereocenters. The number of carbonyl (C=O) groups is 2. The van der Waals surface area contributed by atoms with Gasteiger partial charge in [-0.05, 0) is 30.3 Å². The van der Waals surface area contributed by atoms with Crippen LogP contribution in [-0.4, -0.2) is 29.0 Å². The number of phenols is 1. The van der Waals surface area contributed by atoms with Crippen molar-refractivity contribution in [2.75, 3.05) is 12.0 Å². The van der Waals surface area contributed by atoms with Gasteiger partial charge >= 0.3 is 0 Å².